The third-order valence-corrected chi connectivity index (χ3v) is 7.70. The van der Waals surface area contributed by atoms with Gasteiger partial charge in [0.2, 0.25) is 0 Å². The molecule has 5 rings (SSSR count). The van der Waals surface area contributed by atoms with E-state index in [1.807, 2.05) is 24.1 Å². The SMILES string of the molecule is C=S(C)(=O)Nc1ccc(Cl)cc1C(=O)N1CCCCC1c1cc2nc(NC3CC(N)C3)c(C)cn2n1. The molecule has 3 aromatic rings. The van der Waals surface area contributed by atoms with E-state index in [1.165, 1.54) is 6.26 Å². The molecule has 1 saturated heterocycles. The topological polar surface area (TPSA) is 118 Å². The van der Waals surface area contributed by atoms with Crippen molar-refractivity contribution in [2.75, 3.05) is 22.8 Å². The van der Waals surface area contributed by atoms with Crippen molar-refractivity contribution < 1.29 is 9.00 Å². The average molecular weight is 530 g/mol. The van der Waals surface area contributed by atoms with E-state index in [9.17, 15) is 9.00 Å². The van der Waals surface area contributed by atoms with Crippen LogP contribution in [0, 0.1) is 6.92 Å². The molecular formula is C25H32ClN7O2S. The summed E-state index contributed by atoms with van der Waals surface area (Å²) in [5.41, 5.74) is 9.28. The summed E-state index contributed by atoms with van der Waals surface area (Å²) in [5.74, 6) is 4.32. The van der Waals surface area contributed by atoms with Crippen molar-refractivity contribution in [1.29, 1.82) is 0 Å². The molecule has 1 aromatic carbocycles. The van der Waals surface area contributed by atoms with Crippen molar-refractivity contribution in [1.82, 2.24) is 19.5 Å². The maximum atomic E-state index is 13.8. The molecule has 11 heteroatoms. The van der Waals surface area contributed by atoms with Crippen LogP contribution in [0.5, 0.6) is 0 Å². The molecule has 1 amide bonds. The number of hydrogen-bond donors (Lipinski definition) is 3. The molecule has 1 aliphatic carbocycles. The number of nitrogens with zero attached hydrogens (tertiary/aromatic N) is 4. The molecule has 4 N–H and O–H groups in total. The summed E-state index contributed by atoms with van der Waals surface area (Å²) in [6, 6.07) is 7.31. The number of fused-ring (bicyclic) bond motifs is 1. The number of rotatable bonds is 6. The second-order valence-electron chi connectivity index (χ2n) is 10.0. The smallest absolute Gasteiger partial charge is 0.256 e. The zero-order chi connectivity index (χ0) is 25.6. The van der Waals surface area contributed by atoms with Gasteiger partial charge in [0.1, 0.15) is 5.82 Å². The second-order valence-corrected chi connectivity index (χ2v) is 12.7. The average Bonchev–Trinajstić information content (AvgIpc) is 3.20. The minimum atomic E-state index is -2.58. The summed E-state index contributed by atoms with van der Waals surface area (Å²) in [6.45, 7) is 2.60. The minimum Gasteiger partial charge on any atom is -0.367 e. The van der Waals surface area contributed by atoms with Crippen molar-refractivity contribution in [3.05, 3.63) is 52.3 Å². The van der Waals surface area contributed by atoms with E-state index in [2.05, 4.69) is 15.9 Å². The van der Waals surface area contributed by atoms with E-state index in [1.54, 1.807) is 22.7 Å². The number of benzene rings is 1. The van der Waals surface area contributed by atoms with E-state index in [0.29, 0.717) is 28.9 Å². The van der Waals surface area contributed by atoms with E-state index < -0.39 is 9.71 Å². The normalized spacial score (nSPS) is 23.7. The van der Waals surface area contributed by atoms with Gasteiger partial charge in [0.05, 0.1) is 23.0 Å². The number of nitrogens with one attached hydrogen (secondary N) is 2. The molecule has 3 heterocycles. The minimum absolute atomic E-state index is 0.182. The fourth-order valence-electron chi connectivity index (χ4n) is 4.96. The molecule has 2 unspecified atom stereocenters. The fourth-order valence-corrected chi connectivity index (χ4v) is 5.78. The molecule has 2 aromatic heterocycles. The number of likely N-dealkylation sites (tertiary alicyclic amines) is 1. The molecule has 0 bridgehead atoms. The van der Waals surface area contributed by atoms with E-state index in [0.717, 1.165) is 54.8 Å². The molecule has 1 saturated carbocycles. The summed E-state index contributed by atoms with van der Waals surface area (Å²) in [6.07, 6.45) is 8.03. The largest absolute Gasteiger partial charge is 0.367 e. The van der Waals surface area contributed by atoms with Crippen LogP contribution in [0.25, 0.3) is 5.65 Å². The Hall–Kier alpha value is -2.82. The van der Waals surface area contributed by atoms with Crippen LogP contribution in [-0.2, 0) is 9.71 Å². The summed E-state index contributed by atoms with van der Waals surface area (Å²) in [4.78, 5) is 20.4. The van der Waals surface area contributed by atoms with Gasteiger partial charge in [0.25, 0.3) is 5.91 Å². The Bertz CT molecular complexity index is 1420. The van der Waals surface area contributed by atoms with Crippen LogP contribution in [0.1, 0.15) is 59.8 Å². The number of amides is 1. The zero-order valence-electron chi connectivity index (χ0n) is 20.5. The van der Waals surface area contributed by atoms with Crippen LogP contribution in [0.4, 0.5) is 11.5 Å². The number of aryl methyl sites for hydroxylation is 1. The number of aromatic nitrogens is 3. The Kier molecular flexibility index (Phi) is 6.61. The standard InChI is InChI=1S/C25H32ClN7O2S/c1-15-14-33-23(29-24(15)28-18-11-17(27)12-18)13-21(30-33)22-6-4-5-9-32(22)25(34)19-10-16(26)7-8-20(19)31-36(2,3)35/h7-8,10,13-14,17-18,22H,2,4-6,9,11-12,27H2,1,3H3,(H,28,29)(H,31,35). The predicted molar refractivity (Wildman–Crippen MR) is 146 cm³/mol. The Balaban J connectivity index is 1.45. The summed E-state index contributed by atoms with van der Waals surface area (Å²) in [5, 5.41) is 8.73. The highest BCUT2D eigenvalue weighted by Gasteiger charge is 2.32. The first kappa shape index (κ1) is 24.9. The van der Waals surface area contributed by atoms with E-state index in [-0.39, 0.29) is 18.0 Å². The first-order valence-corrected chi connectivity index (χ1v) is 14.7. The van der Waals surface area contributed by atoms with Crippen molar-refractivity contribution in [3.8, 4) is 0 Å². The number of hydrogen-bond acceptors (Lipinski definition) is 6. The zero-order valence-corrected chi connectivity index (χ0v) is 22.1. The maximum Gasteiger partial charge on any atom is 0.256 e. The lowest BCUT2D eigenvalue weighted by Gasteiger charge is -2.35. The van der Waals surface area contributed by atoms with Gasteiger partial charge in [-0.25, -0.2) is 13.7 Å². The number of piperidine rings is 1. The Morgan fingerprint density at radius 2 is 2.06 bits per heavy atom. The Morgan fingerprint density at radius 1 is 1.28 bits per heavy atom. The third kappa shape index (κ3) is 5.16. The van der Waals surface area contributed by atoms with Gasteiger partial charge < -0.3 is 20.7 Å². The molecule has 36 heavy (non-hydrogen) atoms. The Morgan fingerprint density at radius 3 is 2.78 bits per heavy atom. The maximum absolute atomic E-state index is 13.8. The lowest BCUT2D eigenvalue weighted by Crippen LogP contribution is -2.44. The van der Waals surface area contributed by atoms with Crippen LogP contribution < -0.4 is 15.8 Å². The molecule has 2 fully saturated rings. The van der Waals surface area contributed by atoms with Crippen molar-refractivity contribution in [2.45, 2.75) is 57.2 Å². The van der Waals surface area contributed by atoms with Crippen LogP contribution in [0.2, 0.25) is 5.02 Å². The van der Waals surface area contributed by atoms with E-state index >= 15 is 0 Å². The van der Waals surface area contributed by atoms with Gasteiger partial charge >= 0.3 is 0 Å². The van der Waals surface area contributed by atoms with Crippen molar-refractivity contribution in [2.24, 2.45) is 5.73 Å². The highest BCUT2D eigenvalue weighted by molar-refractivity contribution is 8.00. The first-order valence-electron chi connectivity index (χ1n) is 12.2. The van der Waals surface area contributed by atoms with Crippen molar-refractivity contribution >= 4 is 50.2 Å². The quantitative estimate of drug-likeness (QED) is 0.420. The fraction of sp³-hybridized carbons (Fsp3) is 0.440. The number of anilines is 2. The van der Waals surface area contributed by atoms with Crippen LogP contribution in [0.15, 0.2) is 30.5 Å². The monoisotopic (exact) mass is 529 g/mol. The van der Waals surface area contributed by atoms with Gasteiger partial charge in [-0.15, -0.1) is 0 Å². The summed E-state index contributed by atoms with van der Waals surface area (Å²) >= 11 is 6.24. The van der Waals surface area contributed by atoms with Gasteiger partial charge in [-0.05, 0) is 63.1 Å². The van der Waals surface area contributed by atoms with Crippen LogP contribution in [-0.4, -0.2) is 60.4 Å². The second kappa shape index (κ2) is 9.57. The number of nitrogens with two attached hydrogens (primary N) is 1. The molecule has 0 spiro atoms. The van der Waals surface area contributed by atoms with Gasteiger partial charge in [0, 0.05) is 57.4 Å². The molecule has 1 aliphatic heterocycles. The van der Waals surface area contributed by atoms with Crippen LogP contribution >= 0.6 is 11.6 Å². The molecule has 2 aliphatic rings. The highest BCUT2D eigenvalue weighted by atomic mass is 35.5. The number of carbonyl (C=O) groups excluding carboxylic acids is 1. The van der Waals surface area contributed by atoms with E-state index in [4.69, 9.17) is 27.4 Å². The highest BCUT2D eigenvalue weighted by Crippen LogP contribution is 2.34. The predicted octanol–water partition coefficient (Wildman–Crippen LogP) is 3.63. The summed E-state index contributed by atoms with van der Waals surface area (Å²) < 4.78 is 17.0. The van der Waals surface area contributed by atoms with Gasteiger partial charge in [0.15, 0.2) is 5.65 Å². The lowest BCUT2D eigenvalue weighted by atomic mass is 9.87. The van der Waals surface area contributed by atoms with Gasteiger partial charge in [-0.3, -0.25) is 4.79 Å². The first-order chi connectivity index (χ1) is 17.1. The van der Waals surface area contributed by atoms with Crippen molar-refractivity contribution in [3.63, 3.8) is 0 Å². The molecule has 192 valence electrons. The number of halogens is 1. The number of carbonyl (C=O) groups is 1. The molecule has 9 nitrogen and oxygen atoms in total. The van der Waals surface area contributed by atoms with Gasteiger partial charge in [-0.1, -0.05) is 11.6 Å². The third-order valence-electron chi connectivity index (χ3n) is 6.81. The Labute approximate surface area is 216 Å². The molecular weight excluding hydrogens is 498 g/mol. The molecule has 0 radical (unpaired) electrons. The molecule has 2 atom stereocenters. The van der Waals surface area contributed by atoms with Crippen LogP contribution in [0.3, 0.4) is 0 Å². The van der Waals surface area contributed by atoms with Gasteiger partial charge in [-0.2, -0.15) is 5.10 Å². The lowest BCUT2D eigenvalue weighted by molar-refractivity contribution is 0.0607. The summed E-state index contributed by atoms with van der Waals surface area (Å²) in [7, 11) is -2.58.